The number of carbonyl (C=O) groups excluding carboxylic acids is 2. The first kappa shape index (κ1) is 19.8. The summed E-state index contributed by atoms with van der Waals surface area (Å²) in [5.74, 6) is -1.93. The van der Waals surface area contributed by atoms with Gasteiger partial charge in [-0.3, -0.25) is 9.48 Å². The number of Topliss-reactive ketones (excluding diaryl/α,β-unsaturated/α-hetero) is 1. The average molecular weight is 401 g/mol. The van der Waals surface area contributed by atoms with Gasteiger partial charge in [-0.2, -0.15) is 5.10 Å². The van der Waals surface area contributed by atoms with E-state index in [1.54, 1.807) is 30.7 Å². The van der Waals surface area contributed by atoms with Gasteiger partial charge in [0.25, 0.3) is 0 Å². The van der Waals surface area contributed by atoms with E-state index in [1.165, 1.54) is 18.2 Å². The Bertz CT molecular complexity index is 1050. The van der Waals surface area contributed by atoms with Gasteiger partial charge in [-0.15, -0.1) is 0 Å². The Labute approximate surface area is 166 Å². The number of halogens is 2. The maximum atomic E-state index is 13.7. The Kier molecular flexibility index (Phi) is 5.90. The second kappa shape index (κ2) is 8.35. The molecule has 0 saturated heterocycles. The summed E-state index contributed by atoms with van der Waals surface area (Å²) < 4.78 is 20.4. The van der Waals surface area contributed by atoms with Crippen LogP contribution in [0, 0.1) is 19.7 Å². The summed E-state index contributed by atoms with van der Waals surface area (Å²) in [5.41, 5.74) is 2.12. The molecule has 144 valence electrons. The number of aromatic nitrogens is 2. The lowest BCUT2D eigenvalue weighted by molar-refractivity contribution is 0.0472. The topological polar surface area (TPSA) is 61.2 Å². The van der Waals surface area contributed by atoms with Crippen molar-refractivity contribution in [2.24, 2.45) is 0 Å². The van der Waals surface area contributed by atoms with Crippen LogP contribution >= 0.6 is 11.6 Å². The normalized spacial score (nSPS) is 10.7. The van der Waals surface area contributed by atoms with E-state index in [1.807, 2.05) is 18.2 Å². The van der Waals surface area contributed by atoms with Crippen LogP contribution in [0.5, 0.6) is 0 Å². The van der Waals surface area contributed by atoms with E-state index in [-0.39, 0.29) is 11.1 Å². The monoisotopic (exact) mass is 400 g/mol. The number of ketones is 1. The molecular weight excluding hydrogens is 383 g/mol. The second-order valence-corrected chi connectivity index (χ2v) is 6.68. The fraction of sp³-hybridized carbons (Fsp3) is 0.190. The van der Waals surface area contributed by atoms with E-state index in [0.29, 0.717) is 23.0 Å². The number of hydrogen-bond donors (Lipinski definition) is 0. The van der Waals surface area contributed by atoms with Crippen LogP contribution in [0.4, 0.5) is 4.39 Å². The van der Waals surface area contributed by atoms with Gasteiger partial charge in [-0.05, 0) is 37.6 Å². The number of benzene rings is 2. The molecule has 3 aromatic rings. The molecule has 0 fully saturated rings. The summed E-state index contributed by atoms with van der Waals surface area (Å²) in [6.45, 7) is 3.28. The van der Waals surface area contributed by atoms with Crippen molar-refractivity contribution in [1.82, 2.24) is 9.78 Å². The Morgan fingerprint density at radius 3 is 2.50 bits per heavy atom. The molecule has 0 aliphatic carbocycles. The molecule has 2 aromatic carbocycles. The SMILES string of the molecule is Cc1nn(Cc2ccccc2Cl)c(C)c1C(=O)OCC(=O)c1ccccc1F. The Hall–Kier alpha value is -2.99. The number of hydrogen-bond acceptors (Lipinski definition) is 4. The van der Waals surface area contributed by atoms with Crippen LogP contribution in [0.15, 0.2) is 48.5 Å². The zero-order chi connectivity index (χ0) is 20.3. The lowest BCUT2D eigenvalue weighted by Gasteiger charge is -2.08. The summed E-state index contributed by atoms with van der Waals surface area (Å²) in [6.07, 6.45) is 0. The number of aryl methyl sites for hydroxylation is 1. The van der Waals surface area contributed by atoms with E-state index in [4.69, 9.17) is 16.3 Å². The number of nitrogens with zero attached hydrogens (tertiary/aromatic N) is 2. The van der Waals surface area contributed by atoms with Gasteiger partial charge in [-0.25, -0.2) is 9.18 Å². The molecule has 5 nitrogen and oxygen atoms in total. The third-order valence-electron chi connectivity index (χ3n) is 4.37. The Morgan fingerprint density at radius 1 is 1.11 bits per heavy atom. The molecular formula is C21H18ClFN2O3. The molecule has 0 aliphatic heterocycles. The number of ether oxygens (including phenoxy) is 1. The highest BCUT2D eigenvalue weighted by Gasteiger charge is 2.22. The largest absolute Gasteiger partial charge is 0.454 e. The molecule has 3 rings (SSSR count). The maximum absolute atomic E-state index is 13.7. The third-order valence-corrected chi connectivity index (χ3v) is 4.74. The number of rotatable bonds is 6. The van der Waals surface area contributed by atoms with Crippen molar-refractivity contribution in [3.8, 4) is 0 Å². The minimum absolute atomic E-state index is 0.113. The fourth-order valence-electron chi connectivity index (χ4n) is 2.90. The summed E-state index contributed by atoms with van der Waals surface area (Å²) >= 11 is 6.19. The second-order valence-electron chi connectivity index (χ2n) is 6.27. The van der Waals surface area contributed by atoms with Crippen LogP contribution in [0.3, 0.4) is 0 Å². The van der Waals surface area contributed by atoms with Gasteiger partial charge < -0.3 is 4.74 Å². The summed E-state index contributed by atoms with van der Waals surface area (Å²) in [5, 5.41) is 4.99. The lowest BCUT2D eigenvalue weighted by Crippen LogP contribution is -2.16. The smallest absolute Gasteiger partial charge is 0.342 e. The van der Waals surface area contributed by atoms with Gasteiger partial charge in [0, 0.05) is 5.02 Å². The predicted molar refractivity (Wildman–Crippen MR) is 103 cm³/mol. The number of esters is 1. The quantitative estimate of drug-likeness (QED) is 0.455. The molecule has 0 unspecified atom stereocenters. The summed E-state index contributed by atoms with van der Waals surface area (Å²) in [4.78, 5) is 24.6. The Balaban J connectivity index is 1.74. The minimum atomic E-state index is -0.676. The molecule has 1 aromatic heterocycles. The molecule has 0 spiro atoms. The van der Waals surface area contributed by atoms with Crippen LogP contribution in [-0.4, -0.2) is 28.1 Å². The fourth-order valence-corrected chi connectivity index (χ4v) is 3.10. The first-order valence-electron chi connectivity index (χ1n) is 8.60. The van der Waals surface area contributed by atoms with Gasteiger partial charge in [0.05, 0.1) is 23.5 Å². The lowest BCUT2D eigenvalue weighted by atomic mass is 10.1. The van der Waals surface area contributed by atoms with E-state index in [2.05, 4.69) is 5.10 Å². The number of carbonyl (C=O) groups is 2. The van der Waals surface area contributed by atoms with Crippen molar-refractivity contribution in [3.63, 3.8) is 0 Å². The van der Waals surface area contributed by atoms with Crippen LogP contribution < -0.4 is 0 Å². The third kappa shape index (κ3) is 4.12. The van der Waals surface area contributed by atoms with E-state index in [0.717, 1.165) is 5.56 Å². The molecule has 0 aliphatic rings. The van der Waals surface area contributed by atoms with Crippen LogP contribution in [0.25, 0.3) is 0 Å². The van der Waals surface area contributed by atoms with E-state index in [9.17, 15) is 14.0 Å². The van der Waals surface area contributed by atoms with Crippen molar-refractivity contribution in [2.45, 2.75) is 20.4 Å². The van der Waals surface area contributed by atoms with Gasteiger partial charge in [0.1, 0.15) is 11.4 Å². The zero-order valence-corrected chi connectivity index (χ0v) is 16.2. The zero-order valence-electron chi connectivity index (χ0n) is 15.4. The maximum Gasteiger partial charge on any atom is 0.342 e. The van der Waals surface area contributed by atoms with Crippen molar-refractivity contribution in [1.29, 1.82) is 0 Å². The van der Waals surface area contributed by atoms with E-state index >= 15 is 0 Å². The highest BCUT2D eigenvalue weighted by molar-refractivity contribution is 6.31. The van der Waals surface area contributed by atoms with E-state index < -0.39 is 24.2 Å². The van der Waals surface area contributed by atoms with Gasteiger partial charge in [-0.1, -0.05) is 41.9 Å². The molecule has 0 radical (unpaired) electrons. The molecule has 0 atom stereocenters. The highest BCUT2D eigenvalue weighted by atomic mass is 35.5. The van der Waals surface area contributed by atoms with Crippen molar-refractivity contribution >= 4 is 23.4 Å². The molecule has 0 bridgehead atoms. The predicted octanol–water partition coefficient (Wildman–Crippen LogP) is 4.38. The standard InChI is InChI=1S/C21H18ClFN2O3/c1-13-20(14(2)25(24-13)11-15-7-3-5-9-17(15)22)21(27)28-12-19(26)16-8-4-6-10-18(16)23/h3-10H,11-12H2,1-2H3. The van der Waals surface area contributed by atoms with Crippen molar-refractivity contribution in [2.75, 3.05) is 6.61 Å². The molecule has 0 saturated carbocycles. The molecule has 28 heavy (non-hydrogen) atoms. The molecule has 1 heterocycles. The van der Waals surface area contributed by atoms with Gasteiger partial charge in [0.2, 0.25) is 5.78 Å². The first-order valence-corrected chi connectivity index (χ1v) is 8.98. The minimum Gasteiger partial charge on any atom is -0.454 e. The van der Waals surface area contributed by atoms with Crippen LogP contribution in [-0.2, 0) is 11.3 Å². The van der Waals surface area contributed by atoms with Crippen molar-refractivity contribution < 1.29 is 18.7 Å². The first-order chi connectivity index (χ1) is 13.4. The Morgan fingerprint density at radius 2 is 1.79 bits per heavy atom. The highest BCUT2D eigenvalue weighted by Crippen LogP contribution is 2.20. The molecule has 7 heteroatoms. The van der Waals surface area contributed by atoms with Crippen LogP contribution in [0.1, 0.15) is 37.7 Å². The van der Waals surface area contributed by atoms with Crippen molar-refractivity contribution in [3.05, 3.63) is 87.4 Å². The summed E-state index contributed by atoms with van der Waals surface area (Å²) in [6, 6.07) is 12.9. The van der Waals surface area contributed by atoms with Gasteiger partial charge in [0.15, 0.2) is 6.61 Å². The molecule has 0 amide bonds. The van der Waals surface area contributed by atoms with Gasteiger partial charge >= 0.3 is 5.97 Å². The molecule has 0 N–H and O–H groups in total. The summed E-state index contributed by atoms with van der Waals surface area (Å²) in [7, 11) is 0. The average Bonchev–Trinajstić information content (AvgIpc) is 2.95. The van der Waals surface area contributed by atoms with Crippen LogP contribution in [0.2, 0.25) is 5.02 Å².